The van der Waals surface area contributed by atoms with E-state index >= 15 is 0 Å². The molecule has 1 amide bonds. The summed E-state index contributed by atoms with van der Waals surface area (Å²) < 4.78 is 4.92. The predicted molar refractivity (Wildman–Crippen MR) is 81.5 cm³/mol. The summed E-state index contributed by atoms with van der Waals surface area (Å²) >= 11 is 1.58. The summed E-state index contributed by atoms with van der Waals surface area (Å²) in [5.41, 5.74) is 2.90. The van der Waals surface area contributed by atoms with Gasteiger partial charge in [0.15, 0.2) is 0 Å². The van der Waals surface area contributed by atoms with Gasteiger partial charge in [0.25, 0.3) is 5.91 Å². The van der Waals surface area contributed by atoms with Gasteiger partial charge in [0, 0.05) is 10.9 Å². The van der Waals surface area contributed by atoms with Crippen LogP contribution >= 0.6 is 11.3 Å². The minimum absolute atomic E-state index is 0.242. The molecule has 0 saturated heterocycles. The summed E-state index contributed by atoms with van der Waals surface area (Å²) in [7, 11) is 0. The molecule has 0 radical (unpaired) electrons. The van der Waals surface area contributed by atoms with Crippen LogP contribution < -0.4 is 5.32 Å². The normalized spacial score (nSPS) is 10.6. The fourth-order valence-electron chi connectivity index (χ4n) is 2.01. The Morgan fingerprint density at radius 1 is 1.29 bits per heavy atom. The van der Waals surface area contributed by atoms with E-state index in [2.05, 4.69) is 15.5 Å². The maximum Gasteiger partial charge on any atom is 0.260 e. The van der Waals surface area contributed by atoms with Gasteiger partial charge >= 0.3 is 0 Å². The second kappa shape index (κ2) is 5.49. The molecule has 3 rings (SSSR count). The first-order valence-corrected chi connectivity index (χ1v) is 7.27. The van der Waals surface area contributed by atoms with Crippen molar-refractivity contribution in [2.45, 2.75) is 13.8 Å². The highest BCUT2D eigenvalue weighted by Gasteiger charge is 2.15. The van der Waals surface area contributed by atoms with Crippen molar-refractivity contribution in [3.63, 3.8) is 0 Å². The molecule has 0 aliphatic heterocycles. The molecule has 2 heterocycles. The molecule has 0 saturated carbocycles. The Kier molecular flexibility index (Phi) is 3.53. The molecule has 1 N–H and O–H groups in total. The monoisotopic (exact) mass is 299 g/mol. The number of amides is 1. The summed E-state index contributed by atoms with van der Waals surface area (Å²) in [6.07, 6.45) is 1.42. The second-order valence-electron chi connectivity index (χ2n) is 4.55. The number of carbonyl (C=O) groups excluding carboxylic acids is 1. The number of aryl methyl sites for hydroxylation is 2. The first-order valence-electron chi connectivity index (χ1n) is 6.39. The van der Waals surface area contributed by atoms with Crippen molar-refractivity contribution < 1.29 is 9.32 Å². The van der Waals surface area contributed by atoms with Gasteiger partial charge < -0.3 is 9.84 Å². The molecule has 1 aromatic carbocycles. The number of benzene rings is 1. The average Bonchev–Trinajstić information content (AvgIpc) is 3.08. The number of nitrogens with one attached hydrogen (secondary N) is 1. The SMILES string of the molecule is Cc1nc(-c2ccccc2NC(=O)c2cnoc2C)cs1. The van der Waals surface area contributed by atoms with Crippen LogP contribution in [0.4, 0.5) is 5.69 Å². The van der Waals surface area contributed by atoms with E-state index in [0.717, 1.165) is 16.3 Å². The van der Waals surface area contributed by atoms with E-state index < -0.39 is 0 Å². The highest BCUT2D eigenvalue weighted by Crippen LogP contribution is 2.29. The third-order valence-electron chi connectivity index (χ3n) is 3.07. The number of carbonyl (C=O) groups is 1. The maximum absolute atomic E-state index is 12.3. The van der Waals surface area contributed by atoms with Crippen molar-refractivity contribution in [1.82, 2.24) is 10.1 Å². The van der Waals surface area contributed by atoms with Crippen LogP contribution in [0.3, 0.4) is 0 Å². The van der Waals surface area contributed by atoms with Gasteiger partial charge in [-0.2, -0.15) is 0 Å². The number of thiazole rings is 1. The van der Waals surface area contributed by atoms with Gasteiger partial charge in [0.05, 0.1) is 22.6 Å². The van der Waals surface area contributed by atoms with Gasteiger partial charge in [-0.25, -0.2) is 4.98 Å². The zero-order valence-electron chi connectivity index (χ0n) is 11.6. The summed E-state index contributed by atoms with van der Waals surface area (Å²) in [5.74, 6) is 0.252. The molecule has 3 aromatic rings. The van der Waals surface area contributed by atoms with E-state index in [-0.39, 0.29) is 5.91 Å². The zero-order valence-corrected chi connectivity index (χ0v) is 12.4. The minimum atomic E-state index is -0.242. The molecule has 6 heteroatoms. The third kappa shape index (κ3) is 2.71. The zero-order chi connectivity index (χ0) is 14.8. The lowest BCUT2D eigenvalue weighted by molar-refractivity contribution is 0.102. The van der Waals surface area contributed by atoms with Crippen LogP contribution in [0, 0.1) is 13.8 Å². The average molecular weight is 299 g/mol. The molecular formula is C15H13N3O2S. The van der Waals surface area contributed by atoms with Crippen molar-refractivity contribution in [3.8, 4) is 11.3 Å². The van der Waals surface area contributed by atoms with Crippen LogP contribution in [0.2, 0.25) is 0 Å². The van der Waals surface area contributed by atoms with Crippen LogP contribution in [-0.4, -0.2) is 16.0 Å². The Labute approximate surface area is 125 Å². The summed E-state index contributed by atoms with van der Waals surface area (Å²) in [4.78, 5) is 16.7. The van der Waals surface area contributed by atoms with E-state index in [4.69, 9.17) is 4.52 Å². The van der Waals surface area contributed by atoms with Crippen molar-refractivity contribution in [1.29, 1.82) is 0 Å². The van der Waals surface area contributed by atoms with Gasteiger partial charge in [-0.1, -0.05) is 23.4 Å². The molecule has 106 valence electrons. The van der Waals surface area contributed by atoms with Crippen LogP contribution in [0.1, 0.15) is 21.1 Å². The van der Waals surface area contributed by atoms with Crippen LogP contribution in [0.5, 0.6) is 0 Å². The van der Waals surface area contributed by atoms with E-state index in [0.29, 0.717) is 17.0 Å². The summed E-state index contributed by atoms with van der Waals surface area (Å²) in [6.45, 7) is 3.66. The van der Waals surface area contributed by atoms with Gasteiger partial charge in [-0.15, -0.1) is 11.3 Å². The predicted octanol–water partition coefficient (Wildman–Crippen LogP) is 3.67. The molecule has 0 aliphatic carbocycles. The summed E-state index contributed by atoms with van der Waals surface area (Å²) in [6, 6.07) is 7.58. The highest BCUT2D eigenvalue weighted by atomic mass is 32.1. The van der Waals surface area contributed by atoms with Gasteiger partial charge in [-0.05, 0) is 19.9 Å². The Morgan fingerprint density at radius 3 is 2.76 bits per heavy atom. The Morgan fingerprint density at radius 2 is 2.10 bits per heavy atom. The van der Waals surface area contributed by atoms with Crippen molar-refractivity contribution >= 4 is 22.9 Å². The largest absolute Gasteiger partial charge is 0.361 e. The van der Waals surface area contributed by atoms with E-state index in [1.165, 1.54) is 6.20 Å². The number of hydrogen-bond acceptors (Lipinski definition) is 5. The van der Waals surface area contributed by atoms with E-state index in [1.54, 1.807) is 18.3 Å². The lowest BCUT2D eigenvalue weighted by Gasteiger charge is -2.08. The smallest absolute Gasteiger partial charge is 0.260 e. The van der Waals surface area contributed by atoms with Crippen molar-refractivity contribution in [3.05, 3.63) is 52.2 Å². The first kappa shape index (κ1) is 13.5. The Balaban J connectivity index is 1.93. The number of nitrogens with zero attached hydrogens (tertiary/aromatic N) is 2. The lowest BCUT2D eigenvalue weighted by atomic mass is 10.1. The van der Waals surface area contributed by atoms with Gasteiger partial charge in [-0.3, -0.25) is 4.79 Å². The molecule has 0 atom stereocenters. The van der Waals surface area contributed by atoms with E-state index in [1.807, 2.05) is 36.6 Å². The Hall–Kier alpha value is -2.47. The fraction of sp³-hybridized carbons (Fsp3) is 0.133. The highest BCUT2D eigenvalue weighted by molar-refractivity contribution is 7.09. The number of hydrogen-bond donors (Lipinski definition) is 1. The molecule has 0 fully saturated rings. The van der Waals surface area contributed by atoms with E-state index in [9.17, 15) is 4.79 Å². The molecule has 0 aliphatic rings. The topological polar surface area (TPSA) is 68.0 Å². The maximum atomic E-state index is 12.3. The quantitative estimate of drug-likeness (QED) is 0.801. The number of rotatable bonds is 3. The molecular weight excluding hydrogens is 286 g/mol. The van der Waals surface area contributed by atoms with Crippen LogP contribution in [0.25, 0.3) is 11.3 Å². The molecule has 0 spiro atoms. The minimum Gasteiger partial charge on any atom is -0.361 e. The lowest BCUT2D eigenvalue weighted by Crippen LogP contribution is -2.12. The van der Waals surface area contributed by atoms with Gasteiger partial charge in [0.2, 0.25) is 0 Å². The molecule has 2 aromatic heterocycles. The molecule has 0 unspecified atom stereocenters. The van der Waals surface area contributed by atoms with Crippen LogP contribution in [-0.2, 0) is 0 Å². The third-order valence-corrected chi connectivity index (χ3v) is 3.84. The summed E-state index contributed by atoms with van der Waals surface area (Å²) in [5, 5.41) is 9.47. The Bertz CT molecular complexity index is 792. The number of aromatic nitrogens is 2. The van der Waals surface area contributed by atoms with Crippen molar-refractivity contribution in [2.75, 3.05) is 5.32 Å². The first-order chi connectivity index (χ1) is 10.1. The number of para-hydroxylation sites is 1. The molecule has 0 bridgehead atoms. The molecule has 5 nitrogen and oxygen atoms in total. The molecule has 21 heavy (non-hydrogen) atoms. The number of anilines is 1. The standard InChI is InChI=1S/C15H13N3O2S/c1-9-12(7-16-20-9)15(19)18-13-6-4-3-5-11(13)14-8-21-10(2)17-14/h3-8H,1-2H3,(H,18,19). The van der Waals surface area contributed by atoms with Crippen LogP contribution in [0.15, 0.2) is 40.4 Å². The fourth-order valence-corrected chi connectivity index (χ4v) is 2.62. The van der Waals surface area contributed by atoms with Gasteiger partial charge in [0.1, 0.15) is 11.3 Å². The second-order valence-corrected chi connectivity index (χ2v) is 5.61. The van der Waals surface area contributed by atoms with Crippen molar-refractivity contribution in [2.24, 2.45) is 0 Å².